The number of benzene rings is 8. The average Bonchev–Trinajstić information content (AvgIpc) is 3.78. The smallest absolute Gasteiger partial charge is 0.0543 e. The van der Waals surface area contributed by atoms with E-state index >= 15 is 0 Å². The van der Waals surface area contributed by atoms with Crippen molar-refractivity contribution in [1.29, 1.82) is 0 Å². The van der Waals surface area contributed by atoms with Crippen molar-refractivity contribution in [3.8, 4) is 33.4 Å². The van der Waals surface area contributed by atoms with Gasteiger partial charge in [0.15, 0.2) is 0 Å². The lowest BCUT2D eigenvalue weighted by Crippen LogP contribution is -2.17. The SMILES string of the molecule is CC1(C)c2ccccc2-c2ccc(N(c3ccc(-c4ccc5c(c4)sc4c6ccccc6ccc54)cc3)c3cccc4c3-c3ccccc3C4(C)C)cc21. The number of rotatable bonds is 4. The van der Waals surface area contributed by atoms with Gasteiger partial charge < -0.3 is 4.90 Å². The second-order valence-electron chi connectivity index (χ2n) is 16.1. The standard InChI is InChI=1S/C52H39NS/c1-51(2)44-17-10-8-15-42(44)49-45(51)18-11-19-47(49)53(36-26-29-39-38-14-7-9-16-43(38)52(3,4)46(39)31-36)35-24-20-32(21-25-35)34-23-27-40-41-28-22-33-12-5-6-13-37(33)50(41)54-48(40)30-34/h5-31H,1-4H3. The van der Waals surface area contributed by atoms with E-state index in [4.69, 9.17) is 0 Å². The molecule has 1 nitrogen and oxygen atoms in total. The van der Waals surface area contributed by atoms with Crippen molar-refractivity contribution < 1.29 is 0 Å². The molecule has 0 fully saturated rings. The van der Waals surface area contributed by atoms with Crippen LogP contribution < -0.4 is 4.90 Å². The molecule has 258 valence electrons. The molecule has 0 atom stereocenters. The third kappa shape index (κ3) is 4.38. The molecule has 0 amide bonds. The zero-order chi connectivity index (χ0) is 36.3. The van der Waals surface area contributed by atoms with Crippen LogP contribution in [0.1, 0.15) is 49.9 Å². The van der Waals surface area contributed by atoms with Crippen LogP contribution in [-0.4, -0.2) is 0 Å². The van der Waals surface area contributed by atoms with Gasteiger partial charge in [-0.3, -0.25) is 0 Å². The lowest BCUT2D eigenvalue weighted by molar-refractivity contribution is 0.660. The third-order valence-corrected chi connectivity index (χ3v) is 13.7. The van der Waals surface area contributed by atoms with Gasteiger partial charge in [0.25, 0.3) is 0 Å². The Bertz CT molecular complexity index is 3000. The van der Waals surface area contributed by atoms with E-state index in [-0.39, 0.29) is 10.8 Å². The van der Waals surface area contributed by atoms with Gasteiger partial charge >= 0.3 is 0 Å². The topological polar surface area (TPSA) is 3.24 Å². The first kappa shape index (κ1) is 31.6. The highest BCUT2D eigenvalue weighted by atomic mass is 32.1. The van der Waals surface area contributed by atoms with Crippen molar-refractivity contribution in [3.63, 3.8) is 0 Å². The maximum absolute atomic E-state index is 2.50. The summed E-state index contributed by atoms with van der Waals surface area (Å²) in [5.41, 5.74) is 16.7. The van der Waals surface area contributed by atoms with E-state index in [0.717, 1.165) is 5.69 Å². The van der Waals surface area contributed by atoms with Crippen LogP contribution in [0.3, 0.4) is 0 Å². The van der Waals surface area contributed by atoms with Gasteiger partial charge in [-0.25, -0.2) is 0 Å². The summed E-state index contributed by atoms with van der Waals surface area (Å²) in [4.78, 5) is 2.50. The number of nitrogens with zero attached hydrogens (tertiary/aromatic N) is 1. The molecule has 0 unspecified atom stereocenters. The maximum Gasteiger partial charge on any atom is 0.0543 e. The number of hydrogen-bond acceptors (Lipinski definition) is 2. The van der Waals surface area contributed by atoms with Crippen molar-refractivity contribution in [2.24, 2.45) is 0 Å². The molecular weight excluding hydrogens is 671 g/mol. The quantitative estimate of drug-likeness (QED) is 0.176. The molecule has 11 rings (SSSR count). The fourth-order valence-electron chi connectivity index (χ4n) is 9.67. The van der Waals surface area contributed by atoms with Crippen molar-refractivity contribution >= 4 is 59.3 Å². The lowest BCUT2D eigenvalue weighted by atomic mass is 9.82. The van der Waals surface area contributed by atoms with Gasteiger partial charge in [-0.05, 0) is 97.2 Å². The molecule has 8 aromatic carbocycles. The summed E-state index contributed by atoms with van der Waals surface area (Å²) in [6.45, 7) is 9.47. The lowest BCUT2D eigenvalue weighted by Gasteiger charge is -2.30. The third-order valence-electron chi connectivity index (χ3n) is 12.5. The summed E-state index contributed by atoms with van der Waals surface area (Å²) in [5, 5.41) is 5.30. The summed E-state index contributed by atoms with van der Waals surface area (Å²) < 4.78 is 2.69. The molecule has 0 spiro atoms. The second-order valence-corrected chi connectivity index (χ2v) is 17.2. The number of thiophene rings is 1. The van der Waals surface area contributed by atoms with E-state index in [9.17, 15) is 0 Å². The molecule has 2 heteroatoms. The van der Waals surface area contributed by atoms with Crippen LogP contribution in [0, 0.1) is 0 Å². The Morgan fingerprint density at radius 1 is 0.426 bits per heavy atom. The number of anilines is 3. The average molecular weight is 710 g/mol. The Kier molecular flexibility index (Phi) is 6.59. The molecule has 0 saturated heterocycles. The molecule has 54 heavy (non-hydrogen) atoms. The molecule has 9 aromatic rings. The Hall–Kier alpha value is -5.96. The van der Waals surface area contributed by atoms with Crippen LogP contribution in [-0.2, 0) is 10.8 Å². The molecule has 1 heterocycles. The van der Waals surface area contributed by atoms with Gasteiger partial charge in [0.05, 0.1) is 5.69 Å². The van der Waals surface area contributed by atoms with Crippen molar-refractivity contribution in [2.75, 3.05) is 4.90 Å². The van der Waals surface area contributed by atoms with E-state index in [2.05, 4.69) is 196 Å². The summed E-state index contributed by atoms with van der Waals surface area (Å²) in [7, 11) is 0. The van der Waals surface area contributed by atoms with Crippen LogP contribution in [0.25, 0.3) is 64.3 Å². The summed E-state index contributed by atoms with van der Waals surface area (Å²) >= 11 is 1.90. The first-order chi connectivity index (χ1) is 26.3. The maximum atomic E-state index is 2.50. The number of hydrogen-bond donors (Lipinski definition) is 0. The van der Waals surface area contributed by atoms with Crippen molar-refractivity contribution in [1.82, 2.24) is 0 Å². The van der Waals surface area contributed by atoms with Crippen molar-refractivity contribution in [3.05, 3.63) is 186 Å². The van der Waals surface area contributed by atoms with Crippen LogP contribution in [0.4, 0.5) is 17.1 Å². The van der Waals surface area contributed by atoms with E-state index in [1.165, 1.54) is 98.0 Å². The molecule has 0 radical (unpaired) electrons. The monoisotopic (exact) mass is 709 g/mol. The first-order valence-corrected chi connectivity index (χ1v) is 19.8. The minimum Gasteiger partial charge on any atom is -0.310 e. The minimum atomic E-state index is -0.0950. The minimum absolute atomic E-state index is 0.0867. The highest BCUT2D eigenvalue weighted by molar-refractivity contribution is 7.26. The molecule has 0 N–H and O–H groups in total. The van der Waals surface area contributed by atoms with Gasteiger partial charge in [-0.1, -0.05) is 155 Å². The summed E-state index contributed by atoms with van der Waals surface area (Å²) in [5.74, 6) is 0. The molecular formula is C52H39NS. The van der Waals surface area contributed by atoms with E-state index in [1.54, 1.807) is 0 Å². The molecule has 2 aliphatic rings. The van der Waals surface area contributed by atoms with Gasteiger partial charge in [-0.2, -0.15) is 0 Å². The van der Waals surface area contributed by atoms with E-state index < -0.39 is 0 Å². The molecule has 0 aliphatic heterocycles. The molecule has 0 saturated carbocycles. The van der Waals surface area contributed by atoms with Crippen LogP contribution in [0.2, 0.25) is 0 Å². The summed E-state index contributed by atoms with van der Waals surface area (Å²) in [6, 6.07) is 61.4. The van der Waals surface area contributed by atoms with Crippen molar-refractivity contribution in [2.45, 2.75) is 38.5 Å². The van der Waals surface area contributed by atoms with Gasteiger partial charge in [0.2, 0.25) is 0 Å². The predicted octanol–water partition coefficient (Wildman–Crippen LogP) is 15.0. The van der Waals surface area contributed by atoms with Crippen LogP contribution >= 0.6 is 11.3 Å². The highest BCUT2D eigenvalue weighted by Crippen LogP contribution is 2.55. The van der Waals surface area contributed by atoms with Gasteiger partial charge in [0.1, 0.15) is 0 Å². The van der Waals surface area contributed by atoms with Crippen LogP contribution in [0.5, 0.6) is 0 Å². The van der Waals surface area contributed by atoms with E-state index in [1.807, 2.05) is 11.3 Å². The zero-order valence-electron chi connectivity index (χ0n) is 30.9. The Morgan fingerprint density at radius 3 is 1.89 bits per heavy atom. The molecule has 2 aliphatic carbocycles. The second kappa shape index (κ2) is 11.3. The fourth-order valence-corrected chi connectivity index (χ4v) is 10.9. The number of fused-ring (bicyclic) bond motifs is 11. The summed E-state index contributed by atoms with van der Waals surface area (Å²) in [6.07, 6.45) is 0. The van der Waals surface area contributed by atoms with E-state index in [0.29, 0.717) is 0 Å². The zero-order valence-corrected chi connectivity index (χ0v) is 31.8. The molecule has 1 aromatic heterocycles. The normalized spacial score (nSPS) is 14.6. The highest BCUT2D eigenvalue weighted by Gasteiger charge is 2.39. The Morgan fingerprint density at radius 2 is 1.06 bits per heavy atom. The van der Waals surface area contributed by atoms with Gasteiger partial charge in [0, 0.05) is 47.9 Å². The van der Waals surface area contributed by atoms with Crippen LogP contribution in [0.15, 0.2) is 164 Å². The van der Waals surface area contributed by atoms with Gasteiger partial charge in [-0.15, -0.1) is 11.3 Å². The largest absolute Gasteiger partial charge is 0.310 e. The Balaban J connectivity index is 1.07. The molecule has 0 bridgehead atoms. The fraction of sp³-hybridized carbons (Fsp3) is 0.115. The predicted molar refractivity (Wildman–Crippen MR) is 232 cm³/mol. The Labute approximate surface area is 320 Å². The first-order valence-electron chi connectivity index (χ1n) is 19.0.